The molecule has 2 aromatic rings. The number of ether oxygens (including phenoxy) is 6. The fourth-order valence-corrected chi connectivity index (χ4v) is 2.78. The monoisotopic (exact) mass is 474 g/mol. The van der Waals surface area contributed by atoms with Crippen LogP contribution in [0.5, 0.6) is 34.5 Å². The fraction of sp³-hybridized carbons (Fsp3) is 0.273. The first-order valence-electron chi connectivity index (χ1n) is 9.68. The first-order chi connectivity index (χ1) is 16.4. The van der Waals surface area contributed by atoms with E-state index in [2.05, 4.69) is 21.1 Å². The van der Waals surface area contributed by atoms with Gasteiger partial charge in [0.1, 0.15) is 0 Å². The van der Waals surface area contributed by atoms with Gasteiger partial charge in [0.2, 0.25) is 11.5 Å². The molecule has 34 heavy (non-hydrogen) atoms. The van der Waals surface area contributed by atoms with Gasteiger partial charge in [-0.1, -0.05) is 0 Å². The average molecular weight is 474 g/mol. The van der Waals surface area contributed by atoms with Crippen LogP contribution in [0.2, 0.25) is 0 Å². The van der Waals surface area contributed by atoms with Gasteiger partial charge in [-0.25, -0.2) is 10.9 Å². The second-order valence-electron chi connectivity index (χ2n) is 6.32. The van der Waals surface area contributed by atoms with Gasteiger partial charge in [0.15, 0.2) is 23.0 Å². The topological polar surface area (TPSA) is 138 Å². The Hall–Kier alpha value is -4.48. The molecule has 0 radical (unpaired) electrons. The standard InChI is InChI=1S/C22H26N4O8/c1-29-15-7-13(8-16(30-2)19(15)33-5)11-23-25-21(27)22(28)26-24-12-14-9-17(31-3)20(34-6)18(10-14)32-4/h7-12H,1-6H3,(H,25,27)(H,26,28)/b23-11-,24-12?. The Bertz CT molecular complexity index is 949. The zero-order valence-electron chi connectivity index (χ0n) is 19.6. The van der Waals surface area contributed by atoms with Crippen molar-refractivity contribution >= 4 is 24.2 Å². The van der Waals surface area contributed by atoms with Gasteiger partial charge in [0.05, 0.1) is 55.1 Å². The number of hydrogen-bond acceptors (Lipinski definition) is 10. The van der Waals surface area contributed by atoms with Crippen LogP contribution in [-0.2, 0) is 9.59 Å². The molecule has 0 aromatic heterocycles. The summed E-state index contributed by atoms with van der Waals surface area (Å²) in [6.45, 7) is 0. The van der Waals surface area contributed by atoms with E-state index in [1.54, 1.807) is 24.3 Å². The van der Waals surface area contributed by atoms with E-state index in [0.717, 1.165) is 0 Å². The Morgan fingerprint density at radius 1 is 0.588 bits per heavy atom. The van der Waals surface area contributed by atoms with E-state index in [4.69, 9.17) is 28.4 Å². The number of carbonyl (C=O) groups excluding carboxylic acids is 2. The minimum atomic E-state index is -1.02. The number of methoxy groups -OCH3 is 6. The van der Waals surface area contributed by atoms with Gasteiger partial charge in [-0.15, -0.1) is 0 Å². The van der Waals surface area contributed by atoms with E-state index in [1.165, 1.54) is 55.1 Å². The normalized spacial score (nSPS) is 10.6. The summed E-state index contributed by atoms with van der Waals surface area (Å²) in [5.74, 6) is 0.423. The Labute approximate surface area is 196 Å². The third-order valence-corrected chi connectivity index (χ3v) is 4.34. The van der Waals surface area contributed by atoms with Gasteiger partial charge < -0.3 is 28.4 Å². The molecule has 0 aliphatic rings. The smallest absolute Gasteiger partial charge is 0.331 e. The predicted molar refractivity (Wildman–Crippen MR) is 124 cm³/mol. The Kier molecular flexibility index (Phi) is 9.50. The molecule has 12 nitrogen and oxygen atoms in total. The molecule has 0 saturated carbocycles. The minimum absolute atomic E-state index is 0.411. The molecule has 12 heteroatoms. The number of amides is 2. The molecule has 0 fully saturated rings. The van der Waals surface area contributed by atoms with Crippen LogP contribution in [0, 0.1) is 0 Å². The highest BCUT2D eigenvalue weighted by Crippen LogP contribution is 2.38. The highest BCUT2D eigenvalue weighted by Gasteiger charge is 2.15. The van der Waals surface area contributed by atoms with Gasteiger partial charge in [0.25, 0.3) is 0 Å². The van der Waals surface area contributed by atoms with Crippen molar-refractivity contribution in [3.05, 3.63) is 35.4 Å². The van der Waals surface area contributed by atoms with Crippen molar-refractivity contribution in [3.63, 3.8) is 0 Å². The average Bonchev–Trinajstić information content (AvgIpc) is 2.86. The maximum absolute atomic E-state index is 12.0. The van der Waals surface area contributed by atoms with Crippen molar-refractivity contribution in [1.82, 2.24) is 10.9 Å². The summed E-state index contributed by atoms with van der Waals surface area (Å²) in [6.07, 6.45) is 2.63. The zero-order valence-corrected chi connectivity index (χ0v) is 19.6. The van der Waals surface area contributed by atoms with Crippen LogP contribution in [0.4, 0.5) is 0 Å². The van der Waals surface area contributed by atoms with Crippen molar-refractivity contribution in [2.24, 2.45) is 10.2 Å². The molecular formula is C22H26N4O8. The second kappa shape index (κ2) is 12.5. The minimum Gasteiger partial charge on any atom is -0.493 e. The van der Waals surface area contributed by atoms with E-state index in [-0.39, 0.29) is 0 Å². The third kappa shape index (κ3) is 6.28. The van der Waals surface area contributed by atoms with Crippen molar-refractivity contribution in [3.8, 4) is 34.5 Å². The van der Waals surface area contributed by atoms with Gasteiger partial charge in [-0.2, -0.15) is 10.2 Å². The lowest BCUT2D eigenvalue weighted by Gasteiger charge is -2.12. The zero-order chi connectivity index (χ0) is 25.1. The van der Waals surface area contributed by atoms with Crippen LogP contribution in [0.25, 0.3) is 0 Å². The summed E-state index contributed by atoms with van der Waals surface area (Å²) in [7, 11) is 8.87. The van der Waals surface area contributed by atoms with Gasteiger partial charge in [-0.05, 0) is 24.3 Å². The Morgan fingerprint density at radius 2 is 0.882 bits per heavy atom. The number of hydrazone groups is 2. The van der Waals surface area contributed by atoms with Crippen LogP contribution in [-0.4, -0.2) is 66.9 Å². The van der Waals surface area contributed by atoms with E-state index < -0.39 is 11.8 Å². The van der Waals surface area contributed by atoms with Crippen molar-refractivity contribution in [2.75, 3.05) is 42.7 Å². The highest BCUT2D eigenvalue weighted by atomic mass is 16.5. The SMILES string of the molecule is COc1cc(C=NNC(=O)C(=O)N/N=C\c2cc(OC)c(OC)c(OC)c2)cc(OC)c1OC. The van der Waals surface area contributed by atoms with Gasteiger partial charge in [0, 0.05) is 11.1 Å². The third-order valence-electron chi connectivity index (χ3n) is 4.34. The Morgan fingerprint density at radius 3 is 1.12 bits per heavy atom. The van der Waals surface area contributed by atoms with E-state index in [1.807, 2.05) is 0 Å². The molecule has 0 spiro atoms. The predicted octanol–water partition coefficient (Wildman–Crippen LogP) is 1.34. The number of hydrogen-bond donors (Lipinski definition) is 2. The van der Waals surface area contributed by atoms with Crippen LogP contribution in [0.15, 0.2) is 34.5 Å². The number of carbonyl (C=O) groups is 2. The summed E-state index contributed by atoms with van der Waals surface area (Å²) < 4.78 is 31.5. The van der Waals surface area contributed by atoms with Gasteiger partial charge >= 0.3 is 11.8 Å². The molecule has 182 valence electrons. The summed E-state index contributed by atoms with van der Waals surface area (Å²) in [6, 6.07) is 6.50. The van der Waals surface area contributed by atoms with E-state index in [9.17, 15) is 9.59 Å². The van der Waals surface area contributed by atoms with Crippen LogP contribution in [0.3, 0.4) is 0 Å². The first-order valence-corrected chi connectivity index (χ1v) is 9.68. The summed E-state index contributed by atoms with van der Waals surface area (Å²) in [5, 5.41) is 7.53. The number of nitrogens with zero attached hydrogens (tertiary/aromatic N) is 2. The lowest BCUT2D eigenvalue weighted by molar-refractivity contribution is -0.139. The largest absolute Gasteiger partial charge is 0.493 e. The maximum Gasteiger partial charge on any atom is 0.331 e. The number of rotatable bonds is 10. The molecule has 2 amide bonds. The summed E-state index contributed by atoms with van der Waals surface area (Å²) >= 11 is 0. The maximum atomic E-state index is 12.0. The Balaban J connectivity index is 2.02. The molecule has 0 unspecified atom stereocenters. The van der Waals surface area contributed by atoms with Crippen LogP contribution < -0.4 is 39.3 Å². The quantitative estimate of drug-likeness (QED) is 0.299. The second-order valence-corrected chi connectivity index (χ2v) is 6.32. The molecule has 0 heterocycles. The van der Waals surface area contributed by atoms with Gasteiger partial charge in [-0.3, -0.25) is 9.59 Å². The highest BCUT2D eigenvalue weighted by molar-refractivity contribution is 6.35. The molecular weight excluding hydrogens is 448 g/mol. The van der Waals surface area contributed by atoms with Crippen molar-refractivity contribution < 1.29 is 38.0 Å². The fourth-order valence-electron chi connectivity index (χ4n) is 2.78. The summed E-state index contributed by atoms with van der Waals surface area (Å²) in [5.41, 5.74) is 5.29. The molecule has 0 saturated heterocycles. The molecule has 0 aliphatic carbocycles. The van der Waals surface area contributed by atoms with Crippen molar-refractivity contribution in [1.29, 1.82) is 0 Å². The van der Waals surface area contributed by atoms with Crippen molar-refractivity contribution in [2.45, 2.75) is 0 Å². The lowest BCUT2D eigenvalue weighted by Crippen LogP contribution is -2.35. The number of benzene rings is 2. The molecule has 2 rings (SSSR count). The molecule has 0 atom stereocenters. The van der Waals surface area contributed by atoms with Crippen LogP contribution in [0.1, 0.15) is 11.1 Å². The van der Waals surface area contributed by atoms with E-state index >= 15 is 0 Å². The lowest BCUT2D eigenvalue weighted by atomic mass is 10.2. The first kappa shape index (κ1) is 25.8. The van der Waals surface area contributed by atoms with E-state index in [0.29, 0.717) is 45.6 Å². The number of nitrogens with one attached hydrogen (secondary N) is 2. The molecule has 2 aromatic carbocycles. The molecule has 2 N–H and O–H groups in total. The van der Waals surface area contributed by atoms with Crippen LogP contribution >= 0.6 is 0 Å². The summed E-state index contributed by atoms with van der Waals surface area (Å²) in [4.78, 5) is 23.9. The molecule has 0 bridgehead atoms. The molecule has 0 aliphatic heterocycles.